The summed E-state index contributed by atoms with van der Waals surface area (Å²) in [7, 11) is 0. The largest absolute Gasteiger partial charge is 0.491 e. The molecule has 2 aromatic carbocycles. The molecule has 0 bridgehead atoms. The summed E-state index contributed by atoms with van der Waals surface area (Å²) >= 11 is 0. The molecule has 0 aromatic heterocycles. The van der Waals surface area contributed by atoms with Gasteiger partial charge in [0.15, 0.2) is 0 Å². The predicted octanol–water partition coefficient (Wildman–Crippen LogP) is 4.22. The molecule has 0 aliphatic heterocycles. The van der Waals surface area contributed by atoms with E-state index in [-0.39, 0.29) is 6.03 Å². The molecule has 1 N–H and O–H groups in total. The molecular formula is C21H28N2O2. The maximum Gasteiger partial charge on any atom is 0.317 e. The van der Waals surface area contributed by atoms with Crippen molar-refractivity contribution in [2.45, 2.75) is 34.2 Å². The van der Waals surface area contributed by atoms with Crippen LogP contribution in [0.2, 0.25) is 0 Å². The Morgan fingerprint density at radius 2 is 1.72 bits per heavy atom. The van der Waals surface area contributed by atoms with Crippen LogP contribution >= 0.6 is 0 Å². The van der Waals surface area contributed by atoms with Gasteiger partial charge in [0.2, 0.25) is 0 Å². The van der Waals surface area contributed by atoms with E-state index in [1.165, 1.54) is 11.1 Å². The topological polar surface area (TPSA) is 41.6 Å². The molecule has 4 nitrogen and oxygen atoms in total. The molecule has 0 saturated heterocycles. The van der Waals surface area contributed by atoms with Gasteiger partial charge in [0.1, 0.15) is 12.4 Å². The average molecular weight is 340 g/mol. The van der Waals surface area contributed by atoms with Crippen LogP contribution in [0.1, 0.15) is 29.2 Å². The van der Waals surface area contributed by atoms with Gasteiger partial charge in [-0.2, -0.15) is 0 Å². The van der Waals surface area contributed by atoms with Crippen LogP contribution in [0.4, 0.5) is 4.79 Å². The van der Waals surface area contributed by atoms with Crippen molar-refractivity contribution in [3.8, 4) is 5.75 Å². The van der Waals surface area contributed by atoms with E-state index in [4.69, 9.17) is 4.74 Å². The van der Waals surface area contributed by atoms with E-state index in [2.05, 4.69) is 31.3 Å². The van der Waals surface area contributed by atoms with Crippen molar-refractivity contribution in [2.24, 2.45) is 0 Å². The summed E-state index contributed by atoms with van der Waals surface area (Å²) in [5, 5.41) is 2.93. The minimum absolute atomic E-state index is 0.0632. The summed E-state index contributed by atoms with van der Waals surface area (Å²) in [6.07, 6.45) is 0. The molecule has 4 heteroatoms. The van der Waals surface area contributed by atoms with Gasteiger partial charge in [-0.1, -0.05) is 36.4 Å². The summed E-state index contributed by atoms with van der Waals surface area (Å²) in [5.41, 5.74) is 4.72. The third-order valence-corrected chi connectivity index (χ3v) is 4.31. The second-order valence-electron chi connectivity index (χ2n) is 6.28. The molecule has 0 spiro atoms. The number of carbonyl (C=O) groups is 1. The molecule has 0 aliphatic rings. The van der Waals surface area contributed by atoms with Crippen LogP contribution in [0.25, 0.3) is 0 Å². The van der Waals surface area contributed by atoms with Crippen LogP contribution in [-0.4, -0.2) is 30.6 Å². The highest BCUT2D eigenvalue weighted by molar-refractivity contribution is 5.74. The lowest BCUT2D eigenvalue weighted by Crippen LogP contribution is -2.41. The summed E-state index contributed by atoms with van der Waals surface area (Å²) in [5.74, 6) is 0.883. The Bertz CT molecular complexity index is 699. The number of nitrogens with zero attached hydrogens (tertiary/aromatic N) is 1. The van der Waals surface area contributed by atoms with E-state index in [1.807, 2.05) is 44.2 Å². The Kier molecular flexibility index (Phi) is 6.87. The molecule has 0 heterocycles. The number of nitrogens with one attached hydrogen (secondary N) is 1. The van der Waals surface area contributed by atoms with E-state index < -0.39 is 0 Å². The normalized spacial score (nSPS) is 10.4. The molecule has 134 valence electrons. The smallest absolute Gasteiger partial charge is 0.317 e. The van der Waals surface area contributed by atoms with Gasteiger partial charge < -0.3 is 15.0 Å². The monoisotopic (exact) mass is 340 g/mol. The molecule has 0 aliphatic carbocycles. The first kappa shape index (κ1) is 18.8. The number of urea groups is 1. The number of hydrogen-bond acceptors (Lipinski definition) is 2. The van der Waals surface area contributed by atoms with Crippen LogP contribution in [0.3, 0.4) is 0 Å². The minimum atomic E-state index is -0.0632. The Hall–Kier alpha value is -2.49. The number of rotatable bonds is 7. The summed E-state index contributed by atoms with van der Waals surface area (Å²) < 4.78 is 5.82. The number of hydrogen-bond donors (Lipinski definition) is 1. The molecule has 2 rings (SSSR count). The van der Waals surface area contributed by atoms with Crippen LogP contribution < -0.4 is 10.1 Å². The number of amides is 2. The second kappa shape index (κ2) is 9.11. The van der Waals surface area contributed by atoms with Crippen LogP contribution in [0.15, 0.2) is 42.5 Å². The molecule has 2 aromatic rings. The van der Waals surface area contributed by atoms with Crippen molar-refractivity contribution in [3.05, 3.63) is 64.7 Å². The second-order valence-corrected chi connectivity index (χ2v) is 6.28. The van der Waals surface area contributed by atoms with E-state index in [0.29, 0.717) is 26.2 Å². The zero-order chi connectivity index (χ0) is 18.2. The average Bonchev–Trinajstić information content (AvgIpc) is 2.61. The standard InChI is InChI=1S/C21H28N2O2/c1-5-23(15-19-9-7-6-8-10-19)21(24)22-11-12-25-20-14-17(3)16(2)13-18(20)4/h6-10,13-14H,5,11-12,15H2,1-4H3,(H,22,24). The number of aryl methyl sites for hydroxylation is 3. The quantitative estimate of drug-likeness (QED) is 0.767. The highest BCUT2D eigenvalue weighted by Crippen LogP contribution is 2.22. The molecule has 0 saturated carbocycles. The Balaban J connectivity index is 1.80. The lowest BCUT2D eigenvalue weighted by molar-refractivity contribution is 0.195. The van der Waals surface area contributed by atoms with Crippen molar-refractivity contribution in [1.29, 1.82) is 0 Å². The Labute approximate surface area is 150 Å². The van der Waals surface area contributed by atoms with Gasteiger partial charge in [0.05, 0.1) is 6.54 Å². The van der Waals surface area contributed by atoms with Gasteiger partial charge in [-0.3, -0.25) is 0 Å². The lowest BCUT2D eigenvalue weighted by Gasteiger charge is -2.21. The number of ether oxygens (including phenoxy) is 1. The fraction of sp³-hybridized carbons (Fsp3) is 0.381. The highest BCUT2D eigenvalue weighted by Gasteiger charge is 2.11. The van der Waals surface area contributed by atoms with Crippen LogP contribution in [0, 0.1) is 20.8 Å². The van der Waals surface area contributed by atoms with Crippen LogP contribution in [0.5, 0.6) is 5.75 Å². The van der Waals surface area contributed by atoms with E-state index in [1.54, 1.807) is 4.90 Å². The predicted molar refractivity (Wildman–Crippen MR) is 102 cm³/mol. The summed E-state index contributed by atoms with van der Waals surface area (Å²) in [4.78, 5) is 14.1. The zero-order valence-electron chi connectivity index (χ0n) is 15.6. The van der Waals surface area contributed by atoms with Crippen molar-refractivity contribution in [1.82, 2.24) is 10.2 Å². The Morgan fingerprint density at radius 1 is 1.04 bits per heavy atom. The van der Waals surface area contributed by atoms with Crippen molar-refractivity contribution in [3.63, 3.8) is 0 Å². The van der Waals surface area contributed by atoms with Crippen LogP contribution in [-0.2, 0) is 6.54 Å². The molecule has 25 heavy (non-hydrogen) atoms. The van der Waals surface area contributed by atoms with Gasteiger partial charge in [0.25, 0.3) is 0 Å². The fourth-order valence-corrected chi connectivity index (χ4v) is 2.65. The molecule has 0 radical (unpaired) electrons. The first-order valence-electron chi connectivity index (χ1n) is 8.78. The molecule has 0 fully saturated rings. The van der Waals surface area contributed by atoms with E-state index >= 15 is 0 Å². The maximum absolute atomic E-state index is 12.3. The highest BCUT2D eigenvalue weighted by atomic mass is 16.5. The fourth-order valence-electron chi connectivity index (χ4n) is 2.65. The molecule has 2 amide bonds. The minimum Gasteiger partial charge on any atom is -0.491 e. The van der Waals surface area contributed by atoms with Gasteiger partial charge >= 0.3 is 6.03 Å². The Morgan fingerprint density at radius 3 is 2.40 bits per heavy atom. The zero-order valence-corrected chi connectivity index (χ0v) is 15.6. The first-order chi connectivity index (χ1) is 12.0. The molecule has 0 atom stereocenters. The van der Waals surface area contributed by atoms with Crippen molar-refractivity contribution in [2.75, 3.05) is 19.7 Å². The third kappa shape index (κ3) is 5.52. The van der Waals surface area contributed by atoms with Crippen molar-refractivity contribution >= 4 is 6.03 Å². The molecular weight excluding hydrogens is 312 g/mol. The summed E-state index contributed by atoms with van der Waals surface area (Å²) in [6.45, 7) is 10.4. The number of benzene rings is 2. The van der Waals surface area contributed by atoms with E-state index in [0.717, 1.165) is 16.9 Å². The molecule has 0 unspecified atom stereocenters. The third-order valence-electron chi connectivity index (χ3n) is 4.31. The van der Waals surface area contributed by atoms with Gasteiger partial charge in [0, 0.05) is 13.1 Å². The maximum atomic E-state index is 12.3. The van der Waals surface area contributed by atoms with Gasteiger partial charge in [-0.05, 0) is 56.0 Å². The van der Waals surface area contributed by atoms with Gasteiger partial charge in [-0.15, -0.1) is 0 Å². The lowest BCUT2D eigenvalue weighted by atomic mass is 10.1. The van der Waals surface area contributed by atoms with E-state index in [9.17, 15) is 4.79 Å². The number of carbonyl (C=O) groups excluding carboxylic acids is 1. The van der Waals surface area contributed by atoms with Gasteiger partial charge in [-0.25, -0.2) is 4.79 Å². The SMILES string of the molecule is CCN(Cc1ccccc1)C(=O)NCCOc1cc(C)c(C)cc1C. The van der Waals surface area contributed by atoms with Crippen molar-refractivity contribution < 1.29 is 9.53 Å². The summed E-state index contributed by atoms with van der Waals surface area (Å²) in [6, 6.07) is 14.1. The first-order valence-corrected chi connectivity index (χ1v) is 8.78.